The Kier molecular flexibility index (Phi) is 4.63. The van der Waals surface area contributed by atoms with Crippen LogP contribution in [0.5, 0.6) is 11.5 Å². The summed E-state index contributed by atoms with van der Waals surface area (Å²) in [6, 6.07) is 11.6. The van der Waals surface area contributed by atoms with E-state index in [2.05, 4.69) is 10.5 Å². The van der Waals surface area contributed by atoms with Gasteiger partial charge < -0.3 is 14.3 Å². The van der Waals surface area contributed by atoms with Crippen molar-refractivity contribution in [1.29, 1.82) is 0 Å². The van der Waals surface area contributed by atoms with Crippen molar-refractivity contribution in [3.8, 4) is 11.5 Å². The van der Waals surface area contributed by atoms with Crippen molar-refractivity contribution in [3.63, 3.8) is 0 Å². The maximum Gasteiger partial charge on any atom is 0.275 e. The van der Waals surface area contributed by atoms with Gasteiger partial charge in [0.25, 0.3) is 5.91 Å². The van der Waals surface area contributed by atoms with Crippen molar-refractivity contribution in [1.82, 2.24) is 5.43 Å². The molecule has 25 heavy (non-hydrogen) atoms. The Morgan fingerprint density at radius 3 is 2.84 bits per heavy atom. The fourth-order valence-electron chi connectivity index (χ4n) is 2.32. The SMILES string of the molecule is COc1cccc2cc(/C(C)=N\NC(=O)c3cc(Cl)ccc3O)oc12. The molecule has 3 aromatic rings. The normalized spacial score (nSPS) is 11.6. The molecule has 0 aliphatic rings. The number of aromatic hydroxyl groups is 1. The number of para-hydroxylation sites is 1. The number of furan rings is 1. The third-order valence-corrected chi connectivity index (χ3v) is 3.85. The molecule has 7 heteroatoms. The van der Waals surface area contributed by atoms with Gasteiger partial charge in [-0.05, 0) is 37.3 Å². The summed E-state index contributed by atoms with van der Waals surface area (Å²) < 4.78 is 11.0. The summed E-state index contributed by atoms with van der Waals surface area (Å²) in [7, 11) is 1.57. The molecule has 2 N–H and O–H groups in total. The second kappa shape index (κ2) is 6.86. The Morgan fingerprint density at radius 2 is 2.08 bits per heavy atom. The number of carbonyl (C=O) groups excluding carboxylic acids is 1. The van der Waals surface area contributed by atoms with Crippen LogP contribution in [0.3, 0.4) is 0 Å². The number of benzene rings is 2. The highest BCUT2D eigenvalue weighted by molar-refractivity contribution is 6.31. The van der Waals surface area contributed by atoms with Crippen LogP contribution in [-0.4, -0.2) is 23.8 Å². The lowest BCUT2D eigenvalue weighted by Crippen LogP contribution is -2.19. The van der Waals surface area contributed by atoms with Crippen molar-refractivity contribution in [2.75, 3.05) is 7.11 Å². The number of amides is 1. The second-order valence-electron chi connectivity index (χ2n) is 5.29. The molecule has 0 spiro atoms. The standard InChI is InChI=1S/C18H15ClN2O4/c1-10(16-8-11-4-3-5-15(24-2)17(11)25-16)20-21-18(23)13-9-12(19)6-7-14(13)22/h3-9,22H,1-2H3,(H,21,23)/b20-10-. The Morgan fingerprint density at radius 1 is 1.28 bits per heavy atom. The highest BCUT2D eigenvalue weighted by Gasteiger charge is 2.13. The minimum absolute atomic E-state index is 0.0373. The fourth-order valence-corrected chi connectivity index (χ4v) is 2.49. The number of fused-ring (bicyclic) bond motifs is 1. The zero-order chi connectivity index (χ0) is 18.0. The quantitative estimate of drug-likeness (QED) is 0.546. The summed E-state index contributed by atoms with van der Waals surface area (Å²) in [4.78, 5) is 12.1. The van der Waals surface area contributed by atoms with E-state index in [1.165, 1.54) is 18.2 Å². The second-order valence-corrected chi connectivity index (χ2v) is 5.73. The van der Waals surface area contributed by atoms with Crippen molar-refractivity contribution >= 4 is 34.2 Å². The van der Waals surface area contributed by atoms with E-state index in [-0.39, 0.29) is 11.3 Å². The van der Waals surface area contributed by atoms with Gasteiger partial charge in [-0.3, -0.25) is 4.79 Å². The first kappa shape index (κ1) is 16.9. The Bertz CT molecular complexity index is 978. The maximum atomic E-state index is 12.1. The Hall–Kier alpha value is -2.99. The van der Waals surface area contributed by atoms with E-state index in [0.29, 0.717) is 27.8 Å². The molecular formula is C18H15ClN2O4. The number of hydrogen-bond donors (Lipinski definition) is 2. The molecule has 0 saturated heterocycles. The van der Waals surface area contributed by atoms with Crippen molar-refractivity contribution < 1.29 is 19.1 Å². The zero-order valence-electron chi connectivity index (χ0n) is 13.5. The number of halogens is 1. The minimum atomic E-state index is -0.576. The van der Waals surface area contributed by atoms with Gasteiger partial charge in [-0.25, -0.2) is 5.43 Å². The number of nitrogens with one attached hydrogen (secondary N) is 1. The van der Waals surface area contributed by atoms with E-state index in [4.69, 9.17) is 20.8 Å². The molecule has 1 amide bonds. The predicted molar refractivity (Wildman–Crippen MR) is 95.6 cm³/mol. The molecule has 0 unspecified atom stereocenters. The van der Waals surface area contributed by atoms with E-state index in [1.807, 2.05) is 12.1 Å². The molecule has 0 radical (unpaired) electrons. The summed E-state index contributed by atoms with van der Waals surface area (Å²) in [5, 5.41) is 15.0. The van der Waals surface area contributed by atoms with Crippen LogP contribution < -0.4 is 10.2 Å². The van der Waals surface area contributed by atoms with Crippen molar-refractivity contribution in [2.45, 2.75) is 6.92 Å². The van der Waals surface area contributed by atoms with Crippen LogP contribution in [-0.2, 0) is 0 Å². The van der Waals surface area contributed by atoms with Crippen molar-refractivity contribution in [3.05, 3.63) is 58.8 Å². The first-order chi connectivity index (χ1) is 12.0. The zero-order valence-corrected chi connectivity index (χ0v) is 14.3. The van der Waals surface area contributed by atoms with Crippen LogP contribution in [0.4, 0.5) is 0 Å². The smallest absolute Gasteiger partial charge is 0.275 e. The van der Waals surface area contributed by atoms with Gasteiger partial charge in [0.15, 0.2) is 17.1 Å². The van der Waals surface area contributed by atoms with E-state index in [9.17, 15) is 9.90 Å². The number of methoxy groups -OCH3 is 1. The molecule has 0 aliphatic heterocycles. The average Bonchev–Trinajstić information content (AvgIpc) is 3.05. The van der Waals surface area contributed by atoms with Crippen LogP contribution in [0.15, 0.2) is 52.0 Å². The number of hydrogen-bond acceptors (Lipinski definition) is 5. The molecule has 0 fully saturated rings. The molecule has 6 nitrogen and oxygen atoms in total. The summed E-state index contributed by atoms with van der Waals surface area (Å²) in [6.45, 7) is 1.70. The van der Waals surface area contributed by atoms with Gasteiger partial charge in [-0.1, -0.05) is 23.7 Å². The molecule has 0 aliphatic carbocycles. The lowest BCUT2D eigenvalue weighted by molar-refractivity contribution is 0.0952. The Labute approximate surface area is 148 Å². The lowest BCUT2D eigenvalue weighted by Gasteiger charge is -2.04. The molecule has 3 rings (SSSR count). The van der Waals surface area contributed by atoms with Gasteiger partial charge >= 0.3 is 0 Å². The van der Waals surface area contributed by atoms with Crippen LogP contribution in [0.2, 0.25) is 5.02 Å². The molecule has 128 valence electrons. The fraction of sp³-hybridized carbons (Fsp3) is 0.111. The minimum Gasteiger partial charge on any atom is -0.507 e. The van der Waals surface area contributed by atoms with Gasteiger partial charge in [0.1, 0.15) is 11.5 Å². The molecular weight excluding hydrogens is 344 g/mol. The van der Waals surface area contributed by atoms with Crippen LogP contribution in [0, 0.1) is 0 Å². The van der Waals surface area contributed by atoms with Gasteiger partial charge in [-0.2, -0.15) is 5.10 Å². The first-order valence-electron chi connectivity index (χ1n) is 7.39. The number of phenols is 1. The van der Waals surface area contributed by atoms with Crippen LogP contribution in [0.25, 0.3) is 11.0 Å². The summed E-state index contributed by atoms with van der Waals surface area (Å²) in [5.41, 5.74) is 3.49. The maximum absolute atomic E-state index is 12.1. The lowest BCUT2D eigenvalue weighted by atomic mass is 10.2. The number of carbonyl (C=O) groups is 1. The molecule has 0 bridgehead atoms. The molecule has 1 heterocycles. The van der Waals surface area contributed by atoms with E-state index in [0.717, 1.165) is 5.39 Å². The topological polar surface area (TPSA) is 84.1 Å². The van der Waals surface area contributed by atoms with Gasteiger partial charge in [-0.15, -0.1) is 0 Å². The van der Waals surface area contributed by atoms with E-state index >= 15 is 0 Å². The number of rotatable bonds is 4. The first-order valence-corrected chi connectivity index (χ1v) is 7.77. The van der Waals surface area contributed by atoms with Gasteiger partial charge in [0.2, 0.25) is 0 Å². The van der Waals surface area contributed by atoms with E-state index < -0.39 is 5.91 Å². The third-order valence-electron chi connectivity index (χ3n) is 3.61. The average molecular weight is 359 g/mol. The Balaban J connectivity index is 1.84. The van der Waals surface area contributed by atoms with Crippen LogP contribution in [0.1, 0.15) is 23.0 Å². The summed E-state index contributed by atoms with van der Waals surface area (Å²) >= 11 is 5.84. The monoisotopic (exact) mass is 358 g/mol. The van der Waals surface area contributed by atoms with Gasteiger partial charge in [0.05, 0.1) is 12.7 Å². The number of hydrazone groups is 1. The summed E-state index contributed by atoms with van der Waals surface area (Å²) in [5.74, 6) is 0.357. The molecule has 0 saturated carbocycles. The molecule has 0 atom stereocenters. The van der Waals surface area contributed by atoms with Crippen LogP contribution >= 0.6 is 11.6 Å². The highest BCUT2D eigenvalue weighted by atomic mass is 35.5. The molecule has 1 aromatic heterocycles. The number of ether oxygens (including phenoxy) is 1. The van der Waals surface area contributed by atoms with Gasteiger partial charge in [0, 0.05) is 10.4 Å². The number of nitrogens with zero attached hydrogens (tertiary/aromatic N) is 1. The summed E-state index contributed by atoms with van der Waals surface area (Å²) in [6.07, 6.45) is 0. The van der Waals surface area contributed by atoms with Crippen molar-refractivity contribution in [2.24, 2.45) is 5.10 Å². The predicted octanol–water partition coefficient (Wildman–Crippen LogP) is 3.95. The van der Waals surface area contributed by atoms with E-state index in [1.54, 1.807) is 26.2 Å². The molecule has 2 aromatic carbocycles. The number of phenolic OH excluding ortho intramolecular Hbond substituents is 1. The third kappa shape index (κ3) is 3.44. The largest absolute Gasteiger partial charge is 0.507 e. The highest BCUT2D eigenvalue weighted by Crippen LogP contribution is 2.28.